The van der Waals surface area contributed by atoms with Crippen molar-refractivity contribution >= 4 is 23.3 Å². The van der Waals surface area contributed by atoms with E-state index in [1.807, 2.05) is 0 Å². The van der Waals surface area contributed by atoms with Crippen LogP contribution in [0.25, 0.3) is 0 Å². The number of halogens is 2. The molecule has 2 aromatic carbocycles. The van der Waals surface area contributed by atoms with Crippen molar-refractivity contribution in [2.45, 2.75) is 6.04 Å². The molecular formula is C15H13ClFNO2. The molecule has 1 N–H and O–H groups in total. The second-order valence-electron chi connectivity index (χ2n) is 4.13. The van der Waals surface area contributed by atoms with E-state index < -0.39 is 17.8 Å². The maximum atomic E-state index is 13.7. The molecule has 1 unspecified atom stereocenters. The van der Waals surface area contributed by atoms with E-state index in [0.29, 0.717) is 10.6 Å². The molecule has 0 saturated heterocycles. The monoisotopic (exact) mass is 293 g/mol. The Kier molecular flexibility index (Phi) is 4.58. The van der Waals surface area contributed by atoms with Gasteiger partial charge in [0.25, 0.3) is 0 Å². The highest BCUT2D eigenvalue weighted by atomic mass is 35.5. The van der Waals surface area contributed by atoms with E-state index in [-0.39, 0.29) is 5.69 Å². The van der Waals surface area contributed by atoms with Gasteiger partial charge in [-0.05, 0) is 29.8 Å². The van der Waals surface area contributed by atoms with E-state index in [9.17, 15) is 9.18 Å². The maximum Gasteiger partial charge on any atom is 0.332 e. The van der Waals surface area contributed by atoms with Gasteiger partial charge < -0.3 is 10.1 Å². The minimum Gasteiger partial charge on any atom is -0.467 e. The fourth-order valence-corrected chi connectivity index (χ4v) is 1.91. The highest BCUT2D eigenvalue weighted by Gasteiger charge is 2.22. The zero-order chi connectivity index (χ0) is 14.5. The summed E-state index contributed by atoms with van der Waals surface area (Å²) < 4.78 is 18.4. The highest BCUT2D eigenvalue weighted by molar-refractivity contribution is 6.30. The first-order valence-electron chi connectivity index (χ1n) is 5.96. The highest BCUT2D eigenvalue weighted by Crippen LogP contribution is 2.24. The first kappa shape index (κ1) is 14.3. The van der Waals surface area contributed by atoms with Crippen LogP contribution in [0.2, 0.25) is 5.02 Å². The zero-order valence-corrected chi connectivity index (χ0v) is 11.5. The van der Waals surface area contributed by atoms with E-state index >= 15 is 0 Å². The Morgan fingerprint density at radius 1 is 1.20 bits per heavy atom. The van der Waals surface area contributed by atoms with Gasteiger partial charge in [-0.2, -0.15) is 0 Å². The lowest BCUT2D eigenvalue weighted by Gasteiger charge is -2.18. The van der Waals surface area contributed by atoms with Crippen LogP contribution in [0.4, 0.5) is 10.1 Å². The molecule has 0 aliphatic carbocycles. The number of nitrogens with one attached hydrogen (secondary N) is 1. The minimum atomic E-state index is -0.797. The van der Waals surface area contributed by atoms with Crippen LogP contribution in [-0.2, 0) is 9.53 Å². The molecule has 0 saturated carbocycles. The number of esters is 1. The summed E-state index contributed by atoms with van der Waals surface area (Å²) in [5.41, 5.74) is 0.877. The van der Waals surface area contributed by atoms with Gasteiger partial charge in [-0.3, -0.25) is 0 Å². The molecule has 0 aliphatic rings. The third-order valence-electron chi connectivity index (χ3n) is 2.81. The first-order chi connectivity index (χ1) is 9.61. The molecule has 0 heterocycles. The standard InChI is InChI=1S/C15H13ClFNO2/c1-20-15(19)14(10-6-8-11(16)9-7-10)18-13-5-3-2-4-12(13)17/h2-9,14,18H,1H3. The lowest BCUT2D eigenvalue weighted by atomic mass is 10.1. The van der Waals surface area contributed by atoms with E-state index in [2.05, 4.69) is 5.32 Å². The fourth-order valence-electron chi connectivity index (χ4n) is 1.79. The molecule has 0 aromatic heterocycles. The second-order valence-corrected chi connectivity index (χ2v) is 4.57. The van der Waals surface area contributed by atoms with Gasteiger partial charge in [0.2, 0.25) is 0 Å². The molecule has 1 atom stereocenters. The van der Waals surface area contributed by atoms with Crippen molar-refractivity contribution in [3.05, 3.63) is 64.9 Å². The Morgan fingerprint density at radius 2 is 1.85 bits per heavy atom. The summed E-state index contributed by atoms with van der Waals surface area (Å²) in [6.07, 6.45) is 0. The number of benzene rings is 2. The average molecular weight is 294 g/mol. The summed E-state index contributed by atoms with van der Waals surface area (Å²) in [6, 6.07) is 12.0. The number of para-hydroxylation sites is 1. The molecular weight excluding hydrogens is 281 g/mol. The van der Waals surface area contributed by atoms with Crippen LogP contribution < -0.4 is 5.32 Å². The fraction of sp³-hybridized carbons (Fsp3) is 0.133. The summed E-state index contributed by atoms with van der Waals surface area (Å²) in [5, 5.41) is 3.40. The molecule has 2 rings (SSSR count). The Balaban J connectivity index is 2.31. The summed E-state index contributed by atoms with van der Waals surface area (Å²) >= 11 is 5.82. The molecule has 0 radical (unpaired) electrons. The Morgan fingerprint density at radius 3 is 2.45 bits per heavy atom. The van der Waals surface area contributed by atoms with Crippen LogP contribution in [0.1, 0.15) is 11.6 Å². The lowest BCUT2D eigenvalue weighted by molar-refractivity contribution is -0.141. The van der Waals surface area contributed by atoms with Crippen molar-refractivity contribution in [1.29, 1.82) is 0 Å². The molecule has 104 valence electrons. The summed E-state index contributed by atoms with van der Waals surface area (Å²) in [7, 11) is 1.29. The Bertz CT molecular complexity index is 601. The van der Waals surface area contributed by atoms with Crippen molar-refractivity contribution in [1.82, 2.24) is 0 Å². The van der Waals surface area contributed by atoms with Gasteiger partial charge in [-0.15, -0.1) is 0 Å². The number of methoxy groups -OCH3 is 1. The molecule has 20 heavy (non-hydrogen) atoms. The van der Waals surface area contributed by atoms with Gasteiger partial charge >= 0.3 is 5.97 Å². The topological polar surface area (TPSA) is 38.3 Å². The van der Waals surface area contributed by atoms with Crippen molar-refractivity contribution < 1.29 is 13.9 Å². The SMILES string of the molecule is COC(=O)C(Nc1ccccc1F)c1ccc(Cl)cc1. The normalized spacial score (nSPS) is 11.8. The summed E-state index contributed by atoms with van der Waals surface area (Å²) in [4.78, 5) is 11.9. The Labute approximate surface area is 121 Å². The summed E-state index contributed by atoms with van der Waals surface area (Å²) in [5.74, 6) is -0.939. The van der Waals surface area contributed by atoms with Gasteiger partial charge in [0.05, 0.1) is 12.8 Å². The van der Waals surface area contributed by atoms with Gasteiger partial charge in [0.15, 0.2) is 6.04 Å². The van der Waals surface area contributed by atoms with Crippen LogP contribution in [0.3, 0.4) is 0 Å². The Hall–Kier alpha value is -2.07. The summed E-state index contributed by atoms with van der Waals surface area (Å²) in [6.45, 7) is 0. The largest absolute Gasteiger partial charge is 0.467 e. The van der Waals surface area contributed by atoms with E-state index in [1.165, 1.54) is 13.2 Å². The molecule has 0 aliphatic heterocycles. The number of hydrogen-bond donors (Lipinski definition) is 1. The van der Waals surface area contributed by atoms with Gasteiger partial charge in [-0.25, -0.2) is 9.18 Å². The number of hydrogen-bond acceptors (Lipinski definition) is 3. The number of carbonyl (C=O) groups excluding carboxylic acids is 1. The third-order valence-corrected chi connectivity index (χ3v) is 3.07. The van der Waals surface area contributed by atoms with Crippen LogP contribution in [0, 0.1) is 5.82 Å². The smallest absolute Gasteiger partial charge is 0.332 e. The third kappa shape index (κ3) is 3.27. The molecule has 0 spiro atoms. The van der Waals surface area contributed by atoms with Crippen LogP contribution in [0.5, 0.6) is 0 Å². The number of anilines is 1. The molecule has 0 fully saturated rings. The molecule has 2 aromatic rings. The molecule has 0 amide bonds. The molecule has 5 heteroatoms. The van der Waals surface area contributed by atoms with E-state index in [4.69, 9.17) is 16.3 Å². The van der Waals surface area contributed by atoms with Crippen molar-refractivity contribution in [2.75, 3.05) is 12.4 Å². The lowest BCUT2D eigenvalue weighted by Crippen LogP contribution is -2.22. The maximum absolute atomic E-state index is 13.7. The zero-order valence-electron chi connectivity index (χ0n) is 10.8. The number of rotatable bonds is 4. The van der Waals surface area contributed by atoms with E-state index in [1.54, 1.807) is 42.5 Å². The van der Waals surface area contributed by atoms with Gasteiger partial charge in [0, 0.05) is 5.02 Å². The van der Waals surface area contributed by atoms with Gasteiger partial charge in [-0.1, -0.05) is 35.9 Å². The predicted octanol–water partition coefficient (Wildman–Crippen LogP) is 3.81. The minimum absolute atomic E-state index is 0.234. The quantitative estimate of drug-likeness (QED) is 0.871. The van der Waals surface area contributed by atoms with Crippen molar-refractivity contribution in [3.63, 3.8) is 0 Å². The van der Waals surface area contributed by atoms with Crippen molar-refractivity contribution in [2.24, 2.45) is 0 Å². The van der Waals surface area contributed by atoms with Crippen LogP contribution in [0.15, 0.2) is 48.5 Å². The van der Waals surface area contributed by atoms with Crippen LogP contribution >= 0.6 is 11.6 Å². The van der Waals surface area contributed by atoms with Crippen molar-refractivity contribution in [3.8, 4) is 0 Å². The number of ether oxygens (including phenoxy) is 1. The molecule has 0 bridgehead atoms. The van der Waals surface area contributed by atoms with Crippen LogP contribution in [-0.4, -0.2) is 13.1 Å². The predicted molar refractivity (Wildman–Crippen MR) is 76.2 cm³/mol. The second kappa shape index (κ2) is 6.39. The molecule has 3 nitrogen and oxygen atoms in total. The van der Waals surface area contributed by atoms with E-state index in [0.717, 1.165) is 0 Å². The first-order valence-corrected chi connectivity index (χ1v) is 6.34. The van der Waals surface area contributed by atoms with Gasteiger partial charge in [0.1, 0.15) is 5.82 Å². The average Bonchev–Trinajstić information content (AvgIpc) is 2.47. The number of carbonyl (C=O) groups is 1.